The lowest BCUT2D eigenvalue weighted by atomic mass is 10.0. The summed E-state index contributed by atoms with van der Waals surface area (Å²) in [5.74, 6) is -1.73. The summed E-state index contributed by atoms with van der Waals surface area (Å²) in [6, 6.07) is 16.3. The zero-order chi connectivity index (χ0) is 21.3. The van der Waals surface area contributed by atoms with Crippen molar-refractivity contribution in [1.82, 2.24) is 9.88 Å². The number of aromatic nitrogens is 1. The summed E-state index contributed by atoms with van der Waals surface area (Å²) in [6.07, 6.45) is 0.855. The molecule has 0 saturated carbocycles. The third-order valence-electron chi connectivity index (χ3n) is 5.23. The first-order valence-corrected chi connectivity index (χ1v) is 9.62. The Morgan fingerprint density at radius 2 is 1.65 bits per heavy atom. The van der Waals surface area contributed by atoms with E-state index in [0.717, 1.165) is 17.0 Å². The summed E-state index contributed by atoms with van der Waals surface area (Å²) in [4.78, 5) is 0. The normalized spacial score (nSPS) is 13.1. The fourth-order valence-electron chi connectivity index (χ4n) is 3.94. The minimum Gasteiger partial charge on any atom is -0.389 e. The van der Waals surface area contributed by atoms with Gasteiger partial charge >= 0.3 is 0 Å². The van der Waals surface area contributed by atoms with E-state index < -0.39 is 29.6 Å². The Morgan fingerprint density at radius 3 is 2.35 bits per heavy atom. The van der Waals surface area contributed by atoms with Gasteiger partial charge in [-0.2, -0.15) is 0 Å². The first-order valence-electron chi connectivity index (χ1n) is 9.62. The summed E-state index contributed by atoms with van der Waals surface area (Å²) in [7, 11) is 1.72. The van der Waals surface area contributed by atoms with Gasteiger partial charge in [-0.15, -0.1) is 12.4 Å². The second-order valence-corrected chi connectivity index (χ2v) is 7.22. The van der Waals surface area contributed by atoms with Crippen molar-refractivity contribution in [3.05, 3.63) is 95.9 Å². The van der Waals surface area contributed by atoms with E-state index in [4.69, 9.17) is 0 Å². The molecule has 0 aliphatic heterocycles. The van der Waals surface area contributed by atoms with Gasteiger partial charge in [0.15, 0.2) is 0 Å². The van der Waals surface area contributed by atoms with Crippen LogP contribution in [0, 0.1) is 17.5 Å². The van der Waals surface area contributed by atoms with Gasteiger partial charge in [0.2, 0.25) is 0 Å². The lowest BCUT2D eigenvalue weighted by Gasteiger charge is -2.26. The molecule has 0 aliphatic carbocycles. The quantitative estimate of drug-likeness (QED) is 0.421. The summed E-state index contributed by atoms with van der Waals surface area (Å²) < 4.78 is 43.8. The van der Waals surface area contributed by atoms with E-state index >= 15 is 0 Å². The Hall–Kier alpha value is -2.80. The van der Waals surface area contributed by atoms with Crippen molar-refractivity contribution in [2.24, 2.45) is 0 Å². The number of aliphatic hydroxyl groups excluding tert-OH is 1. The molecule has 0 bridgehead atoms. The standard InChI is InChI=1S/C24H21F3N2O.ClH/c1-28-13-23(30)24(15-5-4-6-16(25)11-15)29-14-20(19-7-2-3-8-22(19)29)18-10-9-17(26)12-21(18)27;/h2-12,14,23-24,28,30H,13H2,1H3;1H/t23-,24+;/m1./s1. The minimum atomic E-state index is -0.876. The van der Waals surface area contributed by atoms with Crippen LogP contribution in [-0.4, -0.2) is 29.4 Å². The molecule has 7 heteroatoms. The number of nitrogens with one attached hydrogen (secondary N) is 1. The highest BCUT2D eigenvalue weighted by Gasteiger charge is 2.26. The fourth-order valence-corrected chi connectivity index (χ4v) is 3.94. The number of nitrogens with zero attached hydrogens (tertiary/aromatic N) is 1. The summed E-state index contributed by atoms with van der Waals surface area (Å²) >= 11 is 0. The van der Waals surface area contributed by atoms with Crippen LogP contribution >= 0.6 is 12.4 Å². The van der Waals surface area contributed by atoms with Crippen molar-refractivity contribution < 1.29 is 18.3 Å². The summed E-state index contributed by atoms with van der Waals surface area (Å²) in [5, 5.41) is 14.6. The maximum atomic E-state index is 14.6. The molecular formula is C24H22ClF3N2O. The molecule has 0 amide bonds. The Bertz CT molecular complexity index is 1190. The van der Waals surface area contributed by atoms with Crippen LogP contribution in [0.4, 0.5) is 13.2 Å². The molecule has 0 unspecified atom stereocenters. The molecule has 2 N–H and O–H groups in total. The highest BCUT2D eigenvalue weighted by atomic mass is 35.5. The average molecular weight is 447 g/mol. The smallest absolute Gasteiger partial charge is 0.134 e. The van der Waals surface area contributed by atoms with E-state index in [1.807, 2.05) is 28.8 Å². The Labute approximate surface area is 184 Å². The maximum absolute atomic E-state index is 14.6. The number of hydrogen-bond acceptors (Lipinski definition) is 2. The van der Waals surface area contributed by atoms with Crippen molar-refractivity contribution in [1.29, 1.82) is 0 Å². The number of halogens is 4. The van der Waals surface area contributed by atoms with Gasteiger partial charge < -0.3 is 15.0 Å². The van der Waals surface area contributed by atoms with Gasteiger partial charge in [-0.3, -0.25) is 0 Å². The molecule has 0 aliphatic rings. The zero-order valence-corrected chi connectivity index (χ0v) is 17.5. The lowest BCUT2D eigenvalue weighted by molar-refractivity contribution is 0.132. The average Bonchev–Trinajstić information content (AvgIpc) is 3.08. The maximum Gasteiger partial charge on any atom is 0.134 e. The largest absolute Gasteiger partial charge is 0.389 e. The van der Waals surface area contributed by atoms with E-state index in [0.29, 0.717) is 11.1 Å². The first kappa shape index (κ1) is 22.9. The predicted molar refractivity (Wildman–Crippen MR) is 119 cm³/mol. The van der Waals surface area contributed by atoms with Crippen molar-refractivity contribution >= 4 is 23.3 Å². The highest BCUT2D eigenvalue weighted by Crippen LogP contribution is 2.36. The molecule has 0 radical (unpaired) electrons. The Kier molecular flexibility index (Phi) is 7.05. The molecule has 1 heterocycles. The van der Waals surface area contributed by atoms with Crippen molar-refractivity contribution in [3.8, 4) is 11.1 Å². The molecule has 0 fully saturated rings. The lowest BCUT2D eigenvalue weighted by Crippen LogP contribution is -2.33. The number of hydrogen-bond donors (Lipinski definition) is 2. The number of benzene rings is 3. The van der Waals surface area contributed by atoms with Crippen LogP contribution in [0.1, 0.15) is 11.6 Å². The van der Waals surface area contributed by atoms with E-state index in [1.54, 1.807) is 25.4 Å². The van der Waals surface area contributed by atoms with Gasteiger partial charge in [-0.25, -0.2) is 13.2 Å². The molecule has 0 saturated heterocycles. The molecule has 2 atom stereocenters. The molecule has 0 spiro atoms. The molecule has 3 nitrogen and oxygen atoms in total. The van der Waals surface area contributed by atoms with Gasteiger partial charge in [0.1, 0.15) is 17.5 Å². The van der Waals surface area contributed by atoms with Crippen molar-refractivity contribution in [2.75, 3.05) is 13.6 Å². The van der Waals surface area contributed by atoms with Crippen LogP contribution in [0.3, 0.4) is 0 Å². The number of likely N-dealkylation sites (N-methyl/N-ethyl adjacent to an activating group) is 1. The van der Waals surface area contributed by atoms with Crippen LogP contribution < -0.4 is 5.32 Å². The van der Waals surface area contributed by atoms with Gasteiger partial charge in [0, 0.05) is 40.8 Å². The fraction of sp³-hybridized carbons (Fsp3) is 0.167. The molecule has 162 valence electrons. The van der Waals surface area contributed by atoms with Crippen LogP contribution in [-0.2, 0) is 0 Å². The predicted octanol–water partition coefficient (Wildman–Crippen LogP) is 5.32. The van der Waals surface area contributed by atoms with Gasteiger partial charge in [-0.05, 0) is 42.9 Å². The Balaban J connectivity index is 0.00000272. The van der Waals surface area contributed by atoms with Gasteiger partial charge in [-0.1, -0.05) is 30.3 Å². The van der Waals surface area contributed by atoms with Crippen LogP contribution in [0.5, 0.6) is 0 Å². The Morgan fingerprint density at radius 1 is 0.903 bits per heavy atom. The molecule has 1 aromatic heterocycles. The number of fused-ring (bicyclic) bond motifs is 1. The SMILES string of the molecule is CNC[C@@H](O)[C@H](c1cccc(F)c1)n1cc(-c2ccc(F)cc2F)c2ccccc21.Cl. The zero-order valence-electron chi connectivity index (χ0n) is 16.7. The highest BCUT2D eigenvalue weighted by molar-refractivity contribution is 5.96. The summed E-state index contributed by atoms with van der Waals surface area (Å²) in [6.45, 7) is 0.272. The minimum absolute atomic E-state index is 0. The molecule has 4 rings (SSSR count). The third kappa shape index (κ3) is 4.46. The van der Waals surface area contributed by atoms with E-state index in [2.05, 4.69) is 5.32 Å². The van der Waals surface area contributed by atoms with Crippen molar-refractivity contribution in [2.45, 2.75) is 12.1 Å². The molecule has 31 heavy (non-hydrogen) atoms. The van der Waals surface area contributed by atoms with Crippen molar-refractivity contribution in [3.63, 3.8) is 0 Å². The van der Waals surface area contributed by atoms with Gasteiger partial charge in [0.05, 0.1) is 12.1 Å². The van der Waals surface area contributed by atoms with Crippen LogP contribution in [0.15, 0.2) is 72.9 Å². The molecular weight excluding hydrogens is 425 g/mol. The number of para-hydroxylation sites is 1. The monoisotopic (exact) mass is 446 g/mol. The first-order chi connectivity index (χ1) is 14.5. The topological polar surface area (TPSA) is 37.2 Å². The number of rotatable bonds is 6. The second-order valence-electron chi connectivity index (χ2n) is 7.22. The van der Waals surface area contributed by atoms with Crippen LogP contribution in [0.2, 0.25) is 0 Å². The van der Waals surface area contributed by atoms with Gasteiger partial charge in [0.25, 0.3) is 0 Å². The van der Waals surface area contributed by atoms with E-state index in [9.17, 15) is 18.3 Å². The number of aliphatic hydroxyl groups is 1. The van der Waals surface area contributed by atoms with E-state index in [-0.39, 0.29) is 24.5 Å². The van der Waals surface area contributed by atoms with E-state index in [1.165, 1.54) is 24.3 Å². The summed E-state index contributed by atoms with van der Waals surface area (Å²) in [5.41, 5.74) is 2.17. The molecule has 3 aromatic carbocycles. The third-order valence-corrected chi connectivity index (χ3v) is 5.23. The second kappa shape index (κ2) is 9.56. The molecule has 4 aromatic rings. The van der Waals surface area contributed by atoms with Crippen LogP contribution in [0.25, 0.3) is 22.0 Å².